The number of aliphatic imine (C=N–C) groups is 1. The highest BCUT2D eigenvalue weighted by atomic mass is 35.5. The van der Waals surface area contributed by atoms with Crippen molar-refractivity contribution in [2.24, 2.45) is 16.5 Å². The molecule has 2 amide bonds. The van der Waals surface area contributed by atoms with E-state index in [2.05, 4.69) is 10.3 Å². The van der Waals surface area contributed by atoms with E-state index < -0.39 is 16.1 Å². The van der Waals surface area contributed by atoms with Crippen molar-refractivity contribution in [1.29, 1.82) is 0 Å². The van der Waals surface area contributed by atoms with E-state index in [1.54, 1.807) is 12.1 Å². The topological polar surface area (TPSA) is 148 Å². The number of hydrogen-bond acceptors (Lipinski definition) is 3. The number of hydrogen-bond donors (Lipinski definition) is 4. The van der Waals surface area contributed by atoms with Crippen molar-refractivity contribution in [3.05, 3.63) is 70.7 Å². The number of halogens is 1. The quantitative estimate of drug-likeness (QED) is 0.352. The van der Waals surface area contributed by atoms with Crippen LogP contribution >= 0.6 is 11.6 Å². The van der Waals surface area contributed by atoms with Gasteiger partial charge in [-0.15, -0.1) is 0 Å². The lowest BCUT2D eigenvalue weighted by Crippen LogP contribution is -2.31. The lowest BCUT2D eigenvalue weighted by atomic mass is 9.99. The first-order chi connectivity index (χ1) is 12.1. The van der Waals surface area contributed by atoms with Crippen molar-refractivity contribution >= 4 is 33.7 Å². The number of nitrogens with two attached hydrogens (primary N) is 2. The first-order valence-corrected chi connectivity index (χ1v) is 9.42. The summed E-state index contributed by atoms with van der Waals surface area (Å²) in [6.45, 7) is 0. The Balaban J connectivity index is 0.000000597. The van der Waals surface area contributed by atoms with Gasteiger partial charge in [0.25, 0.3) is 10.1 Å². The Kier molecular flexibility index (Phi) is 8.04. The largest absolute Gasteiger partial charge is 0.370 e. The number of amides is 2. The highest BCUT2D eigenvalue weighted by molar-refractivity contribution is 7.85. The summed E-state index contributed by atoms with van der Waals surface area (Å²) in [5.74, 6) is -0.287. The number of carbonyl (C=O) groups is 1. The van der Waals surface area contributed by atoms with Crippen LogP contribution in [-0.2, 0) is 10.1 Å². The summed E-state index contributed by atoms with van der Waals surface area (Å²) in [5, 5.41) is 3.35. The molecule has 0 saturated carbocycles. The van der Waals surface area contributed by atoms with Crippen LogP contribution in [0, 0.1) is 0 Å². The van der Waals surface area contributed by atoms with Crippen molar-refractivity contribution in [3.63, 3.8) is 0 Å². The summed E-state index contributed by atoms with van der Waals surface area (Å²) < 4.78 is 25.9. The molecule has 0 fully saturated rings. The van der Waals surface area contributed by atoms with Gasteiger partial charge in [-0.25, -0.2) is 4.79 Å². The molecule has 0 radical (unpaired) electrons. The Bertz CT molecular complexity index is 861. The molecule has 10 heteroatoms. The standard InChI is InChI=1S/C15H15ClN4O.CH4O3S/c16-12-8-4-7-11(9-12)13(10-5-2-1-3-6-10)19-15(21)20-14(17)18;1-5(2,3)4/h1-9,13H,(H5,17,18,19,20,21);1H3,(H,2,3,4). The zero-order chi connectivity index (χ0) is 19.7. The van der Waals surface area contributed by atoms with Gasteiger partial charge in [-0.05, 0) is 23.3 Å². The normalized spacial score (nSPS) is 11.5. The second kappa shape index (κ2) is 9.76. The second-order valence-electron chi connectivity index (χ2n) is 5.12. The van der Waals surface area contributed by atoms with Crippen molar-refractivity contribution < 1.29 is 17.8 Å². The van der Waals surface area contributed by atoms with E-state index in [-0.39, 0.29) is 12.0 Å². The zero-order valence-electron chi connectivity index (χ0n) is 13.8. The highest BCUT2D eigenvalue weighted by Gasteiger charge is 2.16. The van der Waals surface area contributed by atoms with E-state index in [1.807, 2.05) is 42.5 Å². The van der Waals surface area contributed by atoms with E-state index in [4.69, 9.17) is 27.6 Å². The highest BCUT2D eigenvalue weighted by Crippen LogP contribution is 2.24. The fraction of sp³-hybridized carbons (Fsp3) is 0.125. The van der Waals surface area contributed by atoms with Gasteiger partial charge in [0.2, 0.25) is 0 Å². The van der Waals surface area contributed by atoms with Gasteiger partial charge in [0.15, 0.2) is 5.96 Å². The summed E-state index contributed by atoms with van der Waals surface area (Å²) in [6, 6.07) is 15.7. The smallest absolute Gasteiger partial charge is 0.344 e. The van der Waals surface area contributed by atoms with Gasteiger partial charge in [-0.2, -0.15) is 13.4 Å². The SMILES string of the molecule is CS(=O)(=O)O.NC(N)=NC(=O)NC(c1ccccc1)c1cccc(Cl)c1. The number of nitrogens with zero attached hydrogens (tertiary/aromatic N) is 1. The first-order valence-electron chi connectivity index (χ1n) is 7.19. The van der Waals surface area contributed by atoms with Crippen LogP contribution in [-0.4, -0.2) is 31.2 Å². The summed E-state index contributed by atoms with van der Waals surface area (Å²) in [5.41, 5.74) is 12.2. The number of benzene rings is 2. The second-order valence-corrected chi connectivity index (χ2v) is 7.02. The third-order valence-corrected chi connectivity index (χ3v) is 3.05. The molecule has 0 aliphatic heterocycles. The van der Waals surface area contributed by atoms with Crippen molar-refractivity contribution in [2.45, 2.75) is 6.04 Å². The molecule has 1 unspecified atom stereocenters. The summed E-state index contributed by atoms with van der Waals surface area (Å²) in [7, 11) is -3.67. The average molecular weight is 399 g/mol. The molecule has 2 aromatic carbocycles. The van der Waals surface area contributed by atoms with E-state index in [1.165, 1.54) is 0 Å². The molecular weight excluding hydrogens is 380 g/mol. The van der Waals surface area contributed by atoms with Gasteiger partial charge in [-0.1, -0.05) is 54.1 Å². The fourth-order valence-electron chi connectivity index (χ4n) is 1.96. The van der Waals surface area contributed by atoms with Crippen molar-refractivity contribution in [3.8, 4) is 0 Å². The Morgan fingerprint density at radius 2 is 1.65 bits per heavy atom. The molecule has 0 spiro atoms. The maximum absolute atomic E-state index is 11.8. The molecule has 26 heavy (non-hydrogen) atoms. The van der Waals surface area contributed by atoms with Crippen LogP contribution in [0.15, 0.2) is 59.6 Å². The molecule has 2 rings (SSSR count). The molecule has 0 aliphatic carbocycles. The van der Waals surface area contributed by atoms with Gasteiger partial charge in [0.1, 0.15) is 0 Å². The molecule has 2 aromatic rings. The van der Waals surface area contributed by atoms with E-state index in [0.29, 0.717) is 11.3 Å². The maximum atomic E-state index is 11.8. The molecule has 0 bridgehead atoms. The minimum atomic E-state index is -3.67. The minimum Gasteiger partial charge on any atom is -0.370 e. The van der Waals surface area contributed by atoms with Crippen LogP contribution in [0.2, 0.25) is 5.02 Å². The number of rotatable bonds is 3. The Morgan fingerprint density at radius 1 is 1.12 bits per heavy atom. The van der Waals surface area contributed by atoms with Crippen molar-refractivity contribution in [1.82, 2.24) is 5.32 Å². The summed E-state index contributed by atoms with van der Waals surface area (Å²) in [4.78, 5) is 15.3. The van der Waals surface area contributed by atoms with Crippen molar-refractivity contribution in [2.75, 3.05) is 6.26 Å². The molecule has 8 nitrogen and oxygen atoms in total. The van der Waals surface area contributed by atoms with Gasteiger partial charge >= 0.3 is 6.03 Å². The van der Waals surface area contributed by atoms with Gasteiger partial charge in [0.05, 0.1) is 12.3 Å². The molecule has 0 heterocycles. The van der Waals surface area contributed by atoms with Gasteiger partial charge in [0, 0.05) is 5.02 Å². The molecule has 0 aromatic heterocycles. The Hall–Kier alpha value is -2.62. The van der Waals surface area contributed by atoms with Crippen LogP contribution in [0.1, 0.15) is 17.2 Å². The minimum absolute atomic E-state index is 0.287. The Labute approximate surface area is 156 Å². The zero-order valence-corrected chi connectivity index (χ0v) is 15.4. The fourth-order valence-corrected chi connectivity index (χ4v) is 2.16. The molecule has 0 aliphatic rings. The average Bonchev–Trinajstić information content (AvgIpc) is 2.51. The molecular formula is C16H19ClN4O4S. The molecule has 140 valence electrons. The van der Waals surface area contributed by atoms with Crippen LogP contribution in [0.4, 0.5) is 4.79 Å². The Morgan fingerprint density at radius 3 is 2.15 bits per heavy atom. The lowest BCUT2D eigenvalue weighted by Gasteiger charge is -2.18. The van der Waals surface area contributed by atoms with Gasteiger partial charge < -0.3 is 16.8 Å². The maximum Gasteiger partial charge on any atom is 0.344 e. The number of urea groups is 1. The summed E-state index contributed by atoms with van der Waals surface area (Å²) >= 11 is 6.02. The third kappa shape index (κ3) is 9.02. The first kappa shape index (κ1) is 21.4. The monoisotopic (exact) mass is 398 g/mol. The summed E-state index contributed by atoms with van der Waals surface area (Å²) in [6.07, 6.45) is 0.715. The predicted octanol–water partition coefficient (Wildman–Crippen LogP) is 1.92. The number of carbonyl (C=O) groups excluding carboxylic acids is 1. The predicted molar refractivity (Wildman–Crippen MR) is 102 cm³/mol. The molecule has 0 saturated heterocycles. The lowest BCUT2D eigenvalue weighted by molar-refractivity contribution is 0.247. The van der Waals surface area contributed by atoms with Gasteiger partial charge in [-0.3, -0.25) is 4.55 Å². The van der Waals surface area contributed by atoms with E-state index in [9.17, 15) is 13.2 Å². The number of nitrogens with one attached hydrogen (secondary N) is 1. The van der Waals surface area contributed by atoms with E-state index in [0.717, 1.165) is 11.1 Å². The van der Waals surface area contributed by atoms with Crippen LogP contribution in [0.5, 0.6) is 0 Å². The van der Waals surface area contributed by atoms with E-state index >= 15 is 0 Å². The van der Waals surface area contributed by atoms with Crippen LogP contribution in [0.25, 0.3) is 0 Å². The molecule has 6 N–H and O–H groups in total. The van der Waals surface area contributed by atoms with Crippen LogP contribution in [0.3, 0.4) is 0 Å². The van der Waals surface area contributed by atoms with Crippen LogP contribution < -0.4 is 16.8 Å². The molecule has 1 atom stereocenters. The third-order valence-electron chi connectivity index (χ3n) is 2.81. The number of guanidine groups is 1.